The molecule has 5 rings (SSSR count). The molecule has 4 saturated heterocycles. The van der Waals surface area contributed by atoms with Crippen molar-refractivity contribution in [2.75, 3.05) is 39.4 Å². The van der Waals surface area contributed by atoms with E-state index in [1.165, 1.54) is 0 Å². The number of urea groups is 1. The number of aromatic nitrogens is 1. The molecule has 2 unspecified atom stereocenters. The number of nitrogens with zero attached hydrogens (tertiary/aromatic N) is 4. The van der Waals surface area contributed by atoms with Crippen molar-refractivity contribution in [3.63, 3.8) is 0 Å². The molecule has 25 heavy (non-hydrogen) atoms. The van der Waals surface area contributed by atoms with Crippen LogP contribution in [0.15, 0.2) is 24.4 Å². The van der Waals surface area contributed by atoms with Crippen LogP contribution in [0, 0.1) is 5.92 Å². The van der Waals surface area contributed by atoms with Gasteiger partial charge in [0.1, 0.15) is 0 Å². The Bertz CT molecular complexity index is 632. The minimum Gasteiger partial charge on any atom is -0.378 e. The van der Waals surface area contributed by atoms with Crippen molar-refractivity contribution in [2.24, 2.45) is 5.92 Å². The van der Waals surface area contributed by atoms with Gasteiger partial charge in [-0.05, 0) is 25.0 Å². The van der Waals surface area contributed by atoms with Crippen molar-refractivity contribution in [3.05, 3.63) is 30.1 Å². The van der Waals surface area contributed by atoms with E-state index in [4.69, 9.17) is 4.74 Å². The van der Waals surface area contributed by atoms with Crippen LogP contribution in [0.4, 0.5) is 4.79 Å². The predicted octanol–water partition coefficient (Wildman–Crippen LogP) is 0.957. The highest BCUT2D eigenvalue weighted by Crippen LogP contribution is 2.30. The zero-order valence-electron chi connectivity index (χ0n) is 14.3. The van der Waals surface area contributed by atoms with Gasteiger partial charge >= 0.3 is 6.03 Å². The number of hydrogen-bond donors (Lipinski definition) is 0. The molecule has 4 fully saturated rings. The summed E-state index contributed by atoms with van der Waals surface area (Å²) in [5, 5.41) is 0. The summed E-state index contributed by atoms with van der Waals surface area (Å²) in [7, 11) is 0. The molecule has 7 nitrogen and oxygen atoms in total. The Morgan fingerprint density at radius 3 is 2.76 bits per heavy atom. The molecule has 4 aliphatic rings. The van der Waals surface area contributed by atoms with Gasteiger partial charge in [0.25, 0.3) is 0 Å². The fourth-order valence-corrected chi connectivity index (χ4v) is 4.03. The summed E-state index contributed by atoms with van der Waals surface area (Å²) in [6.45, 7) is 4.14. The molecule has 7 heteroatoms. The van der Waals surface area contributed by atoms with Crippen molar-refractivity contribution in [1.82, 2.24) is 19.7 Å². The van der Waals surface area contributed by atoms with Gasteiger partial charge in [-0.25, -0.2) is 4.79 Å². The third kappa shape index (κ3) is 3.33. The van der Waals surface area contributed by atoms with Gasteiger partial charge in [-0.1, -0.05) is 6.07 Å². The van der Waals surface area contributed by atoms with E-state index in [0.717, 1.165) is 18.5 Å². The number of pyridine rings is 1. The standard InChI is InChI=1S/C18H24N4O3/c23-17-14-4-5-16(22(17)12-15-3-1-2-6-19-15)13-21(11-14)18(24)20-7-9-25-10-8-20/h1-3,6,14,16H,4-5,7-13H2. The first-order valence-corrected chi connectivity index (χ1v) is 9.04. The molecule has 0 saturated carbocycles. The normalized spacial score (nSPS) is 26.7. The van der Waals surface area contributed by atoms with Gasteiger partial charge in [-0.2, -0.15) is 0 Å². The minimum absolute atomic E-state index is 0.0488. The lowest BCUT2D eigenvalue weighted by molar-refractivity contribution is -0.140. The molecule has 3 amide bonds. The van der Waals surface area contributed by atoms with Crippen LogP contribution in [0.25, 0.3) is 0 Å². The largest absolute Gasteiger partial charge is 0.378 e. The smallest absolute Gasteiger partial charge is 0.320 e. The van der Waals surface area contributed by atoms with Gasteiger partial charge in [0.15, 0.2) is 0 Å². The highest BCUT2D eigenvalue weighted by molar-refractivity contribution is 5.82. The Balaban J connectivity index is 1.49. The molecule has 2 atom stereocenters. The molecular weight excluding hydrogens is 320 g/mol. The Morgan fingerprint density at radius 2 is 2.00 bits per heavy atom. The van der Waals surface area contributed by atoms with Crippen molar-refractivity contribution in [1.29, 1.82) is 0 Å². The number of fused-ring (bicyclic) bond motifs is 4. The SMILES string of the molecule is O=C(N1CCOCC1)N1CC2CCC(C1)N(Cc1ccccn1)C2=O. The van der Waals surface area contributed by atoms with E-state index in [-0.39, 0.29) is 23.9 Å². The first-order chi connectivity index (χ1) is 12.2. The average Bonchev–Trinajstić information content (AvgIpc) is 2.95. The zero-order chi connectivity index (χ0) is 17.2. The van der Waals surface area contributed by atoms with Gasteiger partial charge in [0.2, 0.25) is 5.91 Å². The lowest BCUT2D eigenvalue weighted by atomic mass is 9.94. The Morgan fingerprint density at radius 1 is 1.16 bits per heavy atom. The molecule has 0 aliphatic carbocycles. The van der Waals surface area contributed by atoms with E-state index in [9.17, 15) is 9.59 Å². The number of morpholine rings is 1. The van der Waals surface area contributed by atoms with Crippen LogP contribution < -0.4 is 0 Å². The van der Waals surface area contributed by atoms with Gasteiger partial charge in [-0.3, -0.25) is 9.78 Å². The molecule has 134 valence electrons. The number of carbonyl (C=O) groups excluding carboxylic acids is 2. The van der Waals surface area contributed by atoms with E-state index in [1.807, 2.05) is 32.9 Å². The lowest BCUT2D eigenvalue weighted by Gasteiger charge is -2.36. The minimum atomic E-state index is -0.0903. The third-order valence-electron chi connectivity index (χ3n) is 5.40. The second kappa shape index (κ2) is 7.00. The number of ether oxygens (including phenoxy) is 1. The summed E-state index contributed by atoms with van der Waals surface area (Å²) in [6, 6.07) is 5.90. The highest BCUT2D eigenvalue weighted by Gasteiger charge is 2.42. The molecule has 0 radical (unpaired) electrons. The predicted molar refractivity (Wildman–Crippen MR) is 90.7 cm³/mol. The van der Waals surface area contributed by atoms with Crippen molar-refractivity contribution >= 4 is 11.9 Å². The molecule has 2 bridgehead atoms. The van der Waals surface area contributed by atoms with Crippen LogP contribution in [0.1, 0.15) is 18.5 Å². The summed E-state index contributed by atoms with van der Waals surface area (Å²) in [6.07, 6.45) is 3.58. The van der Waals surface area contributed by atoms with Gasteiger partial charge in [-0.15, -0.1) is 0 Å². The molecule has 0 N–H and O–H groups in total. The second-order valence-corrected chi connectivity index (χ2v) is 7.00. The van der Waals surface area contributed by atoms with E-state index in [2.05, 4.69) is 4.98 Å². The molecule has 0 spiro atoms. The number of carbonyl (C=O) groups is 2. The van der Waals surface area contributed by atoms with E-state index >= 15 is 0 Å². The fourth-order valence-electron chi connectivity index (χ4n) is 4.03. The molecule has 4 aliphatic heterocycles. The zero-order valence-corrected chi connectivity index (χ0v) is 14.3. The first-order valence-electron chi connectivity index (χ1n) is 9.04. The molecule has 1 aromatic rings. The van der Waals surface area contributed by atoms with E-state index in [0.29, 0.717) is 45.9 Å². The molecular formula is C18H24N4O3. The summed E-state index contributed by atoms with van der Waals surface area (Å²) in [4.78, 5) is 35.7. The van der Waals surface area contributed by atoms with Crippen molar-refractivity contribution in [2.45, 2.75) is 25.4 Å². The number of hydrogen-bond acceptors (Lipinski definition) is 4. The Hall–Kier alpha value is -2.15. The summed E-state index contributed by atoms with van der Waals surface area (Å²) < 4.78 is 5.34. The van der Waals surface area contributed by atoms with Crippen LogP contribution in [0.3, 0.4) is 0 Å². The van der Waals surface area contributed by atoms with Gasteiger partial charge < -0.3 is 19.4 Å². The maximum Gasteiger partial charge on any atom is 0.320 e. The van der Waals surface area contributed by atoms with Crippen molar-refractivity contribution < 1.29 is 14.3 Å². The molecule has 1 aromatic heterocycles. The lowest BCUT2D eigenvalue weighted by Crippen LogP contribution is -2.50. The third-order valence-corrected chi connectivity index (χ3v) is 5.40. The molecule has 0 aromatic carbocycles. The number of piperidine rings is 1. The summed E-state index contributed by atoms with van der Waals surface area (Å²) >= 11 is 0. The highest BCUT2D eigenvalue weighted by atomic mass is 16.5. The molecule has 5 heterocycles. The van der Waals surface area contributed by atoms with Gasteiger partial charge in [0.05, 0.1) is 31.4 Å². The monoisotopic (exact) mass is 344 g/mol. The average molecular weight is 344 g/mol. The topological polar surface area (TPSA) is 66.0 Å². The van der Waals surface area contributed by atoms with Crippen molar-refractivity contribution in [3.8, 4) is 0 Å². The maximum atomic E-state index is 12.9. The quantitative estimate of drug-likeness (QED) is 0.801. The maximum absolute atomic E-state index is 12.9. The number of rotatable bonds is 2. The Kier molecular flexibility index (Phi) is 4.57. The second-order valence-electron chi connectivity index (χ2n) is 7.00. The van der Waals surface area contributed by atoms with Gasteiger partial charge in [0, 0.05) is 38.4 Å². The van der Waals surface area contributed by atoms with Crippen LogP contribution in [0.2, 0.25) is 0 Å². The first kappa shape index (κ1) is 16.3. The van der Waals surface area contributed by atoms with E-state index < -0.39 is 0 Å². The summed E-state index contributed by atoms with van der Waals surface area (Å²) in [5.74, 6) is 0.0756. The van der Waals surface area contributed by atoms with Crippen LogP contribution in [0.5, 0.6) is 0 Å². The van der Waals surface area contributed by atoms with Crippen LogP contribution in [-0.4, -0.2) is 77.1 Å². The van der Waals surface area contributed by atoms with Crippen LogP contribution in [-0.2, 0) is 16.1 Å². The number of amides is 3. The van der Waals surface area contributed by atoms with Crippen LogP contribution >= 0.6 is 0 Å². The summed E-state index contributed by atoms with van der Waals surface area (Å²) in [5.41, 5.74) is 0.898. The van der Waals surface area contributed by atoms with E-state index in [1.54, 1.807) is 6.20 Å². The fraction of sp³-hybridized carbons (Fsp3) is 0.611. The Labute approximate surface area is 147 Å².